The maximum Gasteiger partial charge on any atom is 0.320 e. The molecule has 146 valence electrons. The molecule has 1 heterocycles. The average Bonchev–Trinajstić information content (AvgIpc) is 3.11. The number of para-hydroxylation sites is 1. The highest BCUT2D eigenvalue weighted by Crippen LogP contribution is 2.19. The van der Waals surface area contributed by atoms with Crippen molar-refractivity contribution in [1.82, 2.24) is 10.3 Å². The first-order valence-electron chi connectivity index (χ1n) is 9.15. The summed E-state index contributed by atoms with van der Waals surface area (Å²) in [5, 5.41) is 3.73. The van der Waals surface area contributed by atoms with E-state index in [-0.39, 0.29) is 36.5 Å². The van der Waals surface area contributed by atoms with Crippen LogP contribution in [0, 0.1) is 5.92 Å². The summed E-state index contributed by atoms with van der Waals surface area (Å²) >= 11 is 5.35. The summed E-state index contributed by atoms with van der Waals surface area (Å²) in [6, 6.07) is 7.63. The molecule has 7 heteroatoms. The lowest BCUT2D eigenvalue weighted by Gasteiger charge is -2.14. The van der Waals surface area contributed by atoms with Crippen LogP contribution in [0.15, 0.2) is 30.5 Å². The number of halogens is 1. The van der Waals surface area contributed by atoms with Crippen LogP contribution in [0.5, 0.6) is 0 Å². The van der Waals surface area contributed by atoms with Crippen LogP contribution in [0.2, 0.25) is 0 Å². The monoisotopic (exact) mass is 392 g/mol. The average molecular weight is 393 g/mol. The number of nitrogens with one attached hydrogen (secondary N) is 2. The normalized spacial score (nSPS) is 11.9. The zero-order valence-corrected chi connectivity index (χ0v) is 16.2. The second-order valence-electron chi connectivity index (χ2n) is 6.31. The number of amides is 1. The Morgan fingerprint density at radius 3 is 2.78 bits per heavy atom. The van der Waals surface area contributed by atoms with E-state index in [1.165, 1.54) is 0 Å². The van der Waals surface area contributed by atoms with Crippen LogP contribution in [0.4, 0.5) is 0 Å². The molecule has 1 aromatic carbocycles. The van der Waals surface area contributed by atoms with Gasteiger partial charge in [-0.2, -0.15) is 0 Å². The zero-order chi connectivity index (χ0) is 19.6. The van der Waals surface area contributed by atoms with E-state index in [1.807, 2.05) is 31.2 Å². The van der Waals surface area contributed by atoms with Crippen molar-refractivity contribution in [2.45, 2.75) is 32.6 Å². The second kappa shape index (κ2) is 10.7. The Morgan fingerprint density at radius 2 is 2.04 bits per heavy atom. The number of alkyl halides is 1. The molecule has 0 radical (unpaired) electrons. The quantitative estimate of drug-likeness (QED) is 0.265. The molecule has 0 saturated carbocycles. The number of rotatable bonds is 11. The first kappa shape index (κ1) is 21.0. The third-order valence-electron chi connectivity index (χ3n) is 4.47. The van der Waals surface area contributed by atoms with Crippen molar-refractivity contribution in [2.75, 3.05) is 19.0 Å². The fourth-order valence-electron chi connectivity index (χ4n) is 2.96. The van der Waals surface area contributed by atoms with Crippen LogP contribution < -0.4 is 5.32 Å². The second-order valence-corrected chi connectivity index (χ2v) is 6.58. The minimum atomic E-state index is -0.454. The molecule has 1 atom stereocenters. The lowest BCUT2D eigenvalue weighted by atomic mass is 9.99. The third kappa shape index (κ3) is 6.10. The number of ketones is 1. The summed E-state index contributed by atoms with van der Waals surface area (Å²) in [6.45, 7) is 2.50. The maximum absolute atomic E-state index is 12.4. The fourth-order valence-corrected chi connectivity index (χ4v) is 3.03. The number of aromatic amines is 1. The molecule has 0 bridgehead atoms. The molecule has 1 unspecified atom stereocenters. The molecule has 0 saturated heterocycles. The number of ether oxygens (including phenoxy) is 1. The highest BCUT2D eigenvalue weighted by atomic mass is 35.5. The lowest BCUT2D eigenvalue weighted by molar-refractivity contribution is -0.140. The van der Waals surface area contributed by atoms with Crippen molar-refractivity contribution in [3.63, 3.8) is 0 Å². The molecule has 27 heavy (non-hydrogen) atoms. The maximum atomic E-state index is 12.4. The minimum absolute atomic E-state index is 0.00575. The van der Waals surface area contributed by atoms with Crippen molar-refractivity contribution in [2.24, 2.45) is 5.92 Å². The summed E-state index contributed by atoms with van der Waals surface area (Å²) in [5.74, 6) is -0.864. The van der Waals surface area contributed by atoms with Crippen molar-refractivity contribution in [3.05, 3.63) is 36.0 Å². The van der Waals surface area contributed by atoms with E-state index < -0.39 is 5.97 Å². The van der Waals surface area contributed by atoms with Gasteiger partial charge in [-0.1, -0.05) is 25.1 Å². The van der Waals surface area contributed by atoms with Gasteiger partial charge in [-0.3, -0.25) is 14.4 Å². The number of fused-ring (bicyclic) bond motifs is 1. The van der Waals surface area contributed by atoms with E-state index in [1.54, 1.807) is 6.20 Å². The third-order valence-corrected chi connectivity index (χ3v) is 4.69. The molecule has 0 spiro atoms. The Hall–Kier alpha value is -2.34. The first-order valence-corrected chi connectivity index (χ1v) is 9.68. The predicted octanol–water partition coefficient (Wildman–Crippen LogP) is 3.45. The SMILES string of the molecule is CCC(CCCOC(=O)CCl)C(=O)NCCC(=O)c1c[nH]c2ccccc12. The molecule has 1 amide bonds. The summed E-state index contributed by atoms with van der Waals surface area (Å²) in [5.41, 5.74) is 1.57. The van der Waals surface area contributed by atoms with Gasteiger partial charge in [-0.25, -0.2) is 0 Å². The number of hydrogen-bond acceptors (Lipinski definition) is 4. The van der Waals surface area contributed by atoms with Gasteiger partial charge in [0.25, 0.3) is 0 Å². The van der Waals surface area contributed by atoms with Gasteiger partial charge in [0, 0.05) is 41.5 Å². The van der Waals surface area contributed by atoms with E-state index in [9.17, 15) is 14.4 Å². The largest absolute Gasteiger partial charge is 0.465 e. The van der Waals surface area contributed by atoms with Crippen LogP contribution in [0.25, 0.3) is 10.9 Å². The predicted molar refractivity (Wildman–Crippen MR) is 105 cm³/mol. The fraction of sp³-hybridized carbons (Fsp3) is 0.450. The number of esters is 1. The molecular weight excluding hydrogens is 368 g/mol. The minimum Gasteiger partial charge on any atom is -0.465 e. The van der Waals surface area contributed by atoms with Crippen molar-refractivity contribution < 1.29 is 19.1 Å². The standard InChI is InChI=1S/C20H25ClN2O4/c1-2-14(6-5-11-27-19(25)12-21)20(26)22-10-9-18(24)16-13-23-17-8-4-3-7-15(16)17/h3-4,7-8,13-14,23H,2,5-6,9-12H2,1H3,(H,22,26). The smallest absolute Gasteiger partial charge is 0.320 e. The number of Topliss-reactive ketones (excluding diaryl/α,β-unsaturated/α-hetero) is 1. The molecule has 0 aliphatic heterocycles. The Morgan fingerprint density at radius 1 is 1.26 bits per heavy atom. The molecule has 0 aliphatic rings. The van der Waals surface area contributed by atoms with Gasteiger partial charge in [-0.05, 0) is 25.3 Å². The van der Waals surface area contributed by atoms with Gasteiger partial charge in [0.2, 0.25) is 5.91 Å². The summed E-state index contributed by atoms with van der Waals surface area (Å²) in [4.78, 5) is 38.8. The van der Waals surface area contributed by atoms with Crippen LogP contribution in [-0.2, 0) is 14.3 Å². The van der Waals surface area contributed by atoms with Gasteiger partial charge in [0.05, 0.1) is 6.61 Å². The molecule has 2 aromatic rings. The highest BCUT2D eigenvalue weighted by Gasteiger charge is 2.17. The molecule has 0 fully saturated rings. The molecule has 1 aromatic heterocycles. The topological polar surface area (TPSA) is 88.3 Å². The van der Waals surface area contributed by atoms with Crippen LogP contribution in [0.1, 0.15) is 43.0 Å². The number of hydrogen-bond donors (Lipinski definition) is 2. The van der Waals surface area contributed by atoms with Crippen LogP contribution >= 0.6 is 11.6 Å². The Bertz CT molecular complexity index is 787. The van der Waals surface area contributed by atoms with Gasteiger partial charge in [0.1, 0.15) is 5.88 Å². The van der Waals surface area contributed by atoms with Crippen molar-refractivity contribution in [3.8, 4) is 0 Å². The Balaban J connectivity index is 1.75. The summed E-state index contributed by atoms with van der Waals surface area (Å²) < 4.78 is 4.90. The van der Waals surface area contributed by atoms with Crippen LogP contribution in [0.3, 0.4) is 0 Å². The van der Waals surface area contributed by atoms with Gasteiger partial charge < -0.3 is 15.0 Å². The van der Waals surface area contributed by atoms with E-state index in [0.717, 1.165) is 10.9 Å². The number of aromatic nitrogens is 1. The first-order chi connectivity index (χ1) is 13.1. The van der Waals surface area contributed by atoms with Gasteiger partial charge in [-0.15, -0.1) is 11.6 Å². The van der Waals surface area contributed by atoms with E-state index in [0.29, 0.717) is 31.4 Å². The zero-order valence-electron chi connectivity index (χ0n) is 15.4. The summed E-state index contributed by atoms with van der Waals surface area (Å²) in [6.07, 6.45) is 3.87. The van der Waals surface area contributed by atoms with Crippen molar-refractivity contribution in [1.29, 1.82) is 0 Å². The molecule has 2 N–H and O–H groups in total. The van der Waals surface area contributed by atoms with E-state index >= 15 is 0 Å². The van der Waals surface area contributed by atoms with E-state index in [2.05, 4.69) is 10.3 Å². The Labute approximate surface area is 163 Å². The van der Waals surface area contributed by atoms with Crippen molar-refractivity contribution >= 4 is 40.2 Å². The van der Waals surface area contributed by atoms with Gasteiger partial charge >= 0.3 is 5.97 Å². The molecule has 6 nitrogen and oxygen atoms in total. The molecule has 2 rings (SSSR count). The number of carbonyl (C=O) groups excluding carboxylic acids is 3. The van der Waals surface area contributed by atoms with Gasteiger partial charge in [0.15, 0.2) is 5.78 Å². The molecule has 0 aliphatic carbocycles. The Kier molecular flexibility index (Phi) is 8.33. The van der Waals surface area contributed by atoms with E-state index in [4.69, 9.17) is 16.3 Å². The lowest BCUT2D eigenvalue weighted by Crippen LogP contribution is -2.32. The number of benzene rings is 1. The summed E-state index contributed by atoms with van der Waals surface area (Å²) in [7, 11) is 0. The highest BCUT2D eigenvalue weighted by molar-refractivity contribution is 6.26. The number of carbonyl (C=O) groups is 3. The van der Waals surface area contributed by atoms with Crippen LogP contribution in [-0.4, -0.2) is 41.7 Å². The number of H-pyrrole nitrogens is 1. The molecular formula is C20H25ClN2O4.